The molecule has 1 saturated heterocycles. The lowest BCUT2D eigenvalue weighted by Crippen LogP contribution is -2.61. The van der Waals surface area contributed by atoms with Crippen LogP contribution in [0.3, 0.4) is 0 Å². The Balaban J connectivity index is 1.44. The number of aromatic nitrogens is 4. The Labute approximate surface area is 188 Å². The largest absolute Gasteiger partial charge is 0.477 e. The highest BCUT2D eigenvalue weighted by Crippen LogP contribution is 2.25. The molecule has 170 valence electrons. The zero-order chi connectivity index (χ0) is 23.3. The molecule has 5 rings (SSSR count). The van der Waals surface area contributed by atoms with Gasteiger partial charge < -0.3 is 10.4 Å². The van der Waals surface area contributed by atoms with Crippen LogP contribution in [0.5, 0.6) is 0 Å². The molecule has 2 aliphatic heterocycles. The number of pyridine rings is 1. The van der Waals surface area contributed by atoms with E-state index in [-0.39, 0.29) is 35.6 Å². The number of aryl methyl sites for hydroxylation is 1. The second kappa shape index (κ2) is 8.01. The van der Waals surface area contributed by atoms with Gasteiger partial charge in [-0.25, -0.2) is 19.2 Å². The predicted molar refractivity (Wildman–Crippen MR) is 116 cm³/mol. The van der Waals surface area contributed by atoms with Gasteiger partial charge in [0.25, 0.3) is 0 Å². The van der Waals surface area contributed by atoms with Gasteiger partial charge in [-0.15, -0.1) is 11.3 Å². The minimum Gasteiger partial charge on any atom is -0.477 e. The summed E-state index contributed by atoms with van der Waals surface area (Å²) in [5.74, 6) is -1.58. The van der Waals surface area contributed by atoms with E-state index in [0.717, 1.165) is 18.0 Å². The SMILES string of the molecule is Cc1cc(NC(=O)C2CN(C3N=c4c(c(=O)c(C(=O)O)cn4-c4nccs4)=CC3F)C2)n[nH]1. The van der Waals surface area contributed by atoms with Gasteiger partial charge in [-0.3, -0.25) is 24.2 Å². The van der Waals surface area contributed by atoms with E-state index < -0.39 is 29.3 Å². The monoisotopic (exact) mass is 471 g/mol. The first kappa shape index (κ1) is 21.2. The third-order valence-electron chi connectivity index (χ3n) is 5.55. The summed E-state index contributed by atoms with van der Waals surface area (Å²) in [6.07, 6.45) is 1.21. The van der Waals surface area contributed by atoms with Crippen LogP contribution < -0.4 is 21.5 Å². The molecule has 0 saturated carbocycles. The number of thiazole rings is 1. The molecule has 0 aromatic carbocycles. The Morgan fingerprint density at radius 3 is 2.79 bits per heavy atom. The number of rotatable bonds is 5. The van der Waals surface area contributed by atoms with E-state index in [2.05, 4.69) is 25.5 Å². The molecular formula is C20H18FN7O4S. The highest BCUT2D eigenvalue weighted by molar-refractivity contribution is 7.12. The maximum absolute atomic E-state index is 15.0. The number of anilines is 1. The summed E-state index contributed by atoms with van der Waals surface area (Å²) in [5.41, 5.74) is -0.340. The van der Waals surface area contributed by atoms with Crippen molar-refractivity contribution in [2.24, 2.45) is 10.9 Å². The highest BCUT2D eigenvalue weighted by atomic mass is 32.1. The number of hydrogen-bond acceptors (Lipinski definition) is 8. The van der Waals surface area contributed by atoms with Crippen molar-refractivity contribution >= 4 is 35.1 Å². The lowest BCUT2D eigenvalue weighted by molar-refractivity contribution is -0.126. The zero-order valence-electron chi connectivity index (χ0n) is 17.2. The maximum atomic E-state index is 15.0. The highest BCUT2D eigenvalue weighted by Gasteiger charge is 2.40. The van der Waals surface area contributed by atoms with Crippen LogP contribution in [0.1, 0.15) is 16.1 Å². The minimum atomic E-state index is -1.64. The molecule has 1 fully saturated rings. The average molecular weight is 471 g/mol. The number of alkyl halides is 1. The number of nitrogens with one attached hydrogen (secondary N) is 2. The van der Waals surface area contributed by atoms with E-state index in [0.29, 0.717) is 10.9 Å². The van der Waals surface area contributed by atoms with Crippen molar-refractivity contribution < 1.29 is 19.1 Å². The second-order valence-corrected chi connectivity index (χ2v) is 8.70. The molecule has 2 aliphatic rings. The number of carbonyl (C=O) groups excluding carboxylic acids is 1. The summed E-state index contributed by atoms with van der Waals surface area (Å²) in [5, 5.41) is 20.8. The van der Waals surface area contributed by atoms with E-state index in [4.69, 9.17) is 0 Å². The lowest BCUT2D eigenvalue weighted by atomic mass is 9.96. The van der Waals surface area contributed by atoms with Gasteiger partial charge in [0.05, 0.1) is 11.1 Å². The number of aromatic carboxylic acids is 1. The first-order valence-electron chi connectivity index (χ1n) is 10.0. The maximum Gasteiger partial charge on any atom is 0.341 e. The topological polar surface area (TPSA) is 146 Å². The van der Waals surface area contributed by atoms with Crippen LogP contribution in [0.4, 0.5) is 10.2 Å². The molecule has 3 aromatic heterocycles. The molecule has 1 amide bonds. The number of hydrogen-bond donors (Lipinski definition) is 3. The van der Waals surface area contributed by atoms with Crippen molar-refractivity contribution in [2.45, 2.75) is 19.3 Å². The quantitative estimate of drug-likeness (QED) is 0.462. The fourth-order valence-electron chi connectivity index (χ4n) is 3.87. The van der Waals surface area contributed by atoms with E-state index in [1.807, 2.05) is 6.92 Å². The van der Waals surface area contributed by atoms with Gasteiger partial charge in [-0.2, -0.15) is 5.10 Å². The number of amides is 1. The van der Waals surface area contributed by atoms with E-state index >= 15 is 4.39 Å². The van der Waals surface area contributed by atoms with Crippen molar-refractivity contribution in [3.8, 4) is 5.13 Å². The first-order chi connectivity index (χ1) is 15.8. The third kappa shape index (κ3) is 3.74. The second-order valence-electron chi connectivity index (χ2n) is 7.83. The van der Waals surface area contributed by atoms with Crippen molar-refractivity contribution in [2.75, 3.05) is 18.4 Å². The summed E-state index contributed by atoms with van der Waals surface area (Å²) in [7, 11) is 0. The molecule has 11 nitrogen and oxygen atoms in total. The summed E-state index contributed by atoms with van der Waals surface area (Å²) >= 11 is 1.23. The van der Waals surface area contributed by atoms with Crippen LogP contribution in [-0.2, 0) is 4.79 Å². The third-order valence-corrected chi connectivity index (χ3v) is 6.32. The fraction of sp³-hybridized carbons (Fsp3) is 0.300. The summed E-state index contributed by atoms with van der Waals surface area (Å²) < 4.78 is 16.4. The van der Waals surface area contributed by atoms with Crippen LogP contribution in [0.25, 0.3) is 11.2 Å². The van der Waals surface area contributed by atoms with Gasteiger partial charge in [-0.1, -0.05) is 0 Å². The lowest BCUT2D eigenvalue weighted by Gasteiger charge is -2.42. The molecule has 0 radical (unpaired) electrons. The zero-order valence-corrected chi connectivity index (χ0v) is 18.0. The molecule has 5 heterocycles. The molecular weight excluding hydrogens is 453 g/mol. The Morgan fingerprint density at radius 2 is 2.15 bits per heavy atom. The van der Waals surface area contributed by atoms with Gasteiger partial charge in [0.15, 0.2) is 17.1 Å². The van der Waals surface area contributed by atoms with Crippen LogP contribution in [0.2, 0.25) is 0 Å². The molecule has 0 spiro atoms. The van der Waals surface area contributed by atoms with Gasteiger partial charge in [0.1, 0.15) is 17.2 Å². The van der Waals surface area contributed by atoms with Crippen LogP contribution in [0.15, 0.2) is 33.6 Å². The number of aromatic amines is 1. The molecule has 3 N–H and O–H groups in total. The van der Waals surface area contributed by atoms with Gasteiger partial charge in [0, 0.05) is 42.6 Å². The van der Waals surface area contributed by atoms with Gasteiger partial charge in [-0.05, 0) is 13.0 Å². The van der Waals surface area contributed by atoms with Gasteiger partial charge >= 0.3 is 5.97 Å². The molecule has 3 aromatic rings. The normalized spacial score (nSPS) is 20.3. The van der Waals surface area contributed by atoms with Gasteiger partial charge in [0.2, 0.25) is 11.3 Å². The van der Waals surface area contributed by atoms with Crippen molar-refractivity contribution in [3.05, 3.63) is 56.0 Å². The van der Waals surface area contributed by atoms with Crippen molar-refractivity contribution in [1.82, 2.24) is 24.6 Å². The summed E-state index contributed by atoms with van der Waals surface area (Å²) in [4.78, 5) is 47.0. The summed E-state index contributed by atoms with van der Waals surface area (Å²) in [6, 6.07) is 1.71. The predicted octanol–water partition coefficient (Wildman–Crippen LogP) is -0.328. The van der Waals surface area contributed by atoms with Crippen molar-refractivity contribution in [1.29, 1.82) is 0 Å². The van der Waals surface area contributed by atoms with E-state index in [1.165, 1.54) is 22.1 Å². The number of fused-ring (bicyclic) bond motifs is 1. The minimum absolute atomic E-state index is 0.113. The van der Waals surface area contributed by atoms with Crippen LogP contribution in [-0.4, -0.2) is 67.1 Å². The molecule has 33 heavy (non-hydrogen) atoms. The number of H-pyrrole nitrogens is 1. The smallest absolute Gasteiger partial charge is 0.341 e. The van der Waals surface area contributed by atoms with Crippen molar-refractivity contribution in [3.63, 3.8) is 0 Å². The number of carboxylic acids is 1. The average Bonchev–Trinajstić information content (AvgIpc) is 3.40. The van der Waals surface area contributed by atoms with Crippen LogP contribution >= 0.6 is 11.3 Å². The summed E-state index contributed by atoms with van der Waals surface area (Å²) in [6.45, 7) is 2.38. The number of halogens is 1. The molecule has 0 aliphatic carbocycles. The molecule has 13 heteroatoms. The number of carbonyl (C=O) groups is 2. The number of likely N-dealkylation sites (tertiary alicyclic amines) is 1. The van der Waals surface area contributed by atoms with E-state index in [1.54, 1.807) is 16.3 Å². The van der Waals surface area contributed by atoms with E-state index in [9.17, 15) is 19.5 Å². The number of nitrogens with zero attached hydrogens (tertiary/aromatic N) is 5. The van der Waals surface area contributed by atoms with Crippen LogP contribution in [0, 0.1) is 12.8 Å². The first-order valence-corrected chi connectivity index (χ1v) is 10.9. The molecule has 0 bridgehead atoms. The Kier molecular flexibility index (Phi) is 5.13. The molecule has 2 unspecified atom stereocenters. The fourth-order valence-corrected chi connectivity index (χ4v) is 4.49. The number of carboxylic acid groups (broad SMARTS) is 1. The molecule has 2 atom stereocenters. The Morgan fingerprint density at radius 1 is 1.36 bits per heavy atom. The standard InChI is InChI=1S/C20H18FN7O4S/c1-9-4-14(26-25-9)23-18(30)10-6-27(7-10)17-13(21)5-11-15(29)12(19(31)32)8-28(16(11)24-17)20-22-2-3-33-20/h2-5,8,10,13,17H,6-7H2,1H3,(H,31,32)(H2,23,25,26,30). The Hall–Kier alpha value is -3.71. The Bertz CT molecular complexity index is 1430.